The van der Waals surface area contributed by atoms with Crippen LogP contribution in [0.15, 0.2) is 101 Å². The fourth-order valence-electron chi connectivity index (χ4n) is 3.49. The summed E-state index contributed by atoms with van der Waals surface area (Å²) in [4.78, 5) is 17.3. The van der Waals surface area contributed by atoms with E-state index in [-0.39, 0.29) is 5.97 Å². The molecule has 3 nitrogen and oxygen atoms in total. The second kappa shape index (κ2) is 12.9. The third-order valence-electron chi connectivity index (χ3n) is 5.92. The normalized spacial score (nSPS) is 15.0. The number of hydrogen-bond acceptors (Lipinski definition) is 3. The highest BCUT2D eigenvalue weighted by atomic mass is 19.4. The molecule has 36 heavy (non-hydrogen) atoms. The fraction of sp³-hybridized carbons (Fsp3) is 0.267. The number of halogens is 3. The van der Waals surface area contributed by atoms with Crippen molar-refractivity contribution in [2.24, 2.45) is 10.4 Å². The number of aliphatic imine (C=N–C) groups is 1. The molecule has 2 aromatic rings. The first kappa shape index (κ1) is 28.6. The molecule has 0 spiro atoms. The summed E-state index contributed by atoms with van der Waals surface area (Å²) < 4.78 is 43.6. The molecule has 1 unspecified atom stereocenters. The molecule has 0 heterocycles. The van der Waals surface area contributed by atoms with Crippen LogP contribution < -0.4 is 0 Å². The largest absolute Gasteiger partial charge is 0.465 e. The molecule has 0 aromatic heterocycles. The van der Waals surface area contributed by atoms with Crippen molar-refractivity contribution < 1.29 is 22.7 Å². The zero-order valence-electron chi connectivity index (χ0n) is 21.1. The van der Waals surface area contributed by atoms with Crippen molar-refractivity contribution in [3.05, 3.63) is 113 Å². The van der Waals surface area contributed by atoms with Gasteiger partial charge in [0, 0.05) is 11.9 Å². The highest BCUT2D eigenvalue weighted by Crippen LogP contribution is 2.33. The van der Waals surface area contributed by atoms with Gasteiger partial charge in [-0.2, -0.15) is 13.2 Å². The number of rotatable bonds is 10. The maximum atomic E-state index is 12.9. The minimum atomic E-state index is -4.37. The van der Waals surface area contributed by atoms with Crippen LogP contribution in [0, 0.1) is 5.41 Å². The van der Waals surface area contributed by atoms with Gasteiger partial charge in [0.15, 0.2) is 0 Å². The summed E-state index contributed by atoms with van der Waals surface area (Å²) in [6, 6.07) is 14.7. The van der Waals surface area contributed by atoms with Crippen LogP contribution in [0.4, 0.5) is 13.2 Å². The highest BCUT2D eigenvalue weighted by molar-refractivity contribution is 5.83. The average Bonchev–Trinajstić information content (AvgIpc) is 2.84. The fourth-order valence-corrected chi connectivity index (χ4v) is 3.49. The first-order valence-corrected chi connectivity index (χ1v) is 11.6. The summed E-state index contributed by atoms with van der Waals surface area (Å²) in [6.07, 6.45) is 4.63. The molecule has 2 rings (SSSR count). The monoisotopic (exact) mass is 495 g/mol. The second-order valence-corrected chi connectivity index (χ2v) is 8.54. The van der Waals surface area contributed by atoms with Gasteiger partial charge in [-0.25, -0.2) is 0 Å². The van der Waals surface area contributed by atoms with Crippen LogP contribution >= 0.6 is 0 Å². The Morgan fingerprint density at radius 1 is 1.06 bits per heavy atom. The SMILES string of the molecule is C=CC(/C=C/c1ccc(C(F)(F)F)cc1)=C(C)/N=C/C=C(\C)C(C)(Cc1ccccc1)C(=O)OCC. The maximum absolute atomic E-state index is 12.9. The van der Waals surface area contributed by atoms with Gasteiger partial charge < -0.3 is 4.74 Å². The second-order valence-electron chi connectivity index (χ2n) is 8.54. The lowest BCUT2D eigenvalue weighted by Gasteiger charge is -2.28. The molecule has 0 saturated heterocycles. The number of allylic oxidation sites excluding steroid dienone is 5. The molecular weight excluding hydrogens is 463 g/mol. The Morgan fingerprint density at radius 2 is 1.69 bits per heavy atom. The van der Waals surface area contributed by atoms with Crippen LogP contribution in [0.3, 0.4) is 0 Å². The Bertz CT molecular complexity index is 1160. The Kier molecular flexibility index (Phi) is 10.2. The van der Waals surface area contributed by atoms with Crippen molar-refractivity contribution in [1.29, 1.82) is 0 Å². The van der Waals surface area contributed by atoms with Gasteiger partial charge in [-0.05, 0) is 69.0 Å². The standard InChI is InChI=1S/C30H32F3NO2/c1-6-26(16-13-24-14-17-27(18-15-24)30(31,32)33)23(4)34-20-19-22(3)29(5,28(35)36-7-2)21-25-11-9-8-10-12-25/h6,8-20H,1,7,21H2,2-5H3/b16-13+,22-19+,26-23-,34-20+. The van der Waals surface area contributed by atoms with Crippen LogP contribution in [-0.2, 0) is 22.1 Å². The Labute approximate surface area is 211 Å². The van der Waals surface area contributed by atoms with Crippen molar-refractivity contribution in [3.8, 4) is 0 Å². The van der Waals surface area contributed by atoms with Gasteiger partial charge in [-0.3, -0.25) is 9.79 Å². The van der Waals surface area contributed by atoms with Crippen LogP contribution in [0.5, 0.6) is 0 Å². The summed E-state index contributed by atoms with van der Waals surface area (Å²) >= 11 is 0. The van der Waals surface area contributed by atoms with Crippen molar-refractivity contribution in [1.82, 2.24) is 0 Å². The number of ether oxygens (including phenoxy) is 1. The molecule has 1 atom stereocenters. The predicted octanol–water partition coefficient (Wildman–Crippen LogP) is 8.01. The molecule has 0 amide bonds. The summed E-state index contributed by atoms with van der Waals surface area (Å²) in [6.45, 7) is 11.4. The van der Waals surface area contributed by atoms with Gasteiger partial charge in [0.25, 0.3) is 0 Å². The van der Waals surface area contributed by atoms with E-state index in [4.69, 9.17) is 4.74 Å². The van der Waals surface area contributed by atoms with Crippen molar-refractivity contribution >= 4 is 18.3 Å². The lowest BCUT2D eigenvalue weighted by atomic mass is 9.77. The smallest absolute Gasteiger partial charge is 0.416 e. The van der Waals surface area contributed by atoms with E-state index in [2.05, 4.69) is 11.6 Å². The van der Waals surface area contributed by atoms with Gasteiger partial charge in [-0.1, -0.05) is 72.8 Å². The van der Waals surface area contributed by atoms with Gasteiger partial charge in [0.2, 0.25) is 0 Å². The molecule has 6 heteroatoms. The molecule has 0 N–H and O–H groups in total. The predicted molar refractivity (Wildman–Crippen MR) is 141 cm³/mol. The van der Waals surface area contributed by atoms with Crippen molar-refractivity contribution in [2.45, 2.75) is 40.3 Å². The lowest BCUT2D eigenvalue weighted by molar-refractivity contribution is -0.152. The first-order chi connectivity index (χ1) is 17.0. The maximum Gasteiger partial charge on any atom is 0.416 e. The molecule has 0 fully saturated rings. The van der Waals surface area contributed by atoms with Gasteiger partial charge in [0.05, 0.1) is 17.6 Å². The molecule has 0 saturated carbocycles. The first-order valence-electron chi connectivity index (χ1n) is 11.6. The highest BCUT2D eigenvalue weighted by Gasteiger charge is 2.36. The quantitative estimate of drug-likeness (QED) is 0.190. The minimum absolute atomic E-state index is 0.292. The molecule has 190 valence electrons. The third kappa shape index (κ3) is 7.94. The Morgan fingerprint density at radius 3 is 2.25 bits per heavy atom. The van der Waals surface area contributed by atoms with E-state index in [0.29, 0.717) is 24.3 Å². The zero-order valence-corrected chi connectivity index (χ0v) is 21.1. The zero-order chi connectivity index (χ0) is 26.8. The van der Waals surface area contributed by atoms with Crippen molar-refractivity contribution in [2.75, 3.05) is 6.61 Å². The van der Waals surface area contributed by atoms with Gasteiger partial charge in [0.1, 0.15) is 0 Å². The van der Waals surface area contributed by atoms with E-state index >= 15 is 0 Å². The number of benzene rings is 2. The van der Waals surface area contributed by atoms with E-state index in [1.807, 2.05) is 51.1 Å². The molecule has 0 aliphatic heterocycles. The topological polar surface area (TPSA) is 38.7 Å². The van der Waals surface area contributed by atoms with Gasteiger partial charge >= 0.3 is 12.1 Å². The van der Waals surface area contributed by atoms with Gasteiger partial charge in [-0.15, -0.1) is 0 Å². The summed E-state index contributed by atoms with van der Waals surface area (Å²) in [5.74, 6) is -0.297. The summed E-state index contributed by atoms with van der Waals surface area (Å²) in [5, 5.41) is 0. The molecule has 2 aromatic carbocycles. The van der Waals surface area contributed by atoms with Crippen LogP contribution in [0.2, 0.25) is 0 Å². The van der Waals surface area contributed by atoms with Crippen LogP contribution in [0.25, 0.3) is 6.08 Å². The molecule has 0 radical (unpaired) electrons. The van der Waals surface area contributed by atoms with Crippen molar-refractivity contribution in [3.63, 3.8) is 0 Å². The number of alkyl halides is 3. The molecular formula is C30H32F3NO2. The average molecular weight is 496 g/mol. The Balaban J connectivity index is 2.24. The van der Waals surface area contributed by atoms with E-state index in [9.17, 15) is 18.0 Å². The molecule has 0 aliphatic carbocycles. The summed E-state index contributed by atoms with van der Waals surface area (Å²) in [7, 11) is 0. The minimum Gasteiger partial charge on any atom is -0.465 e. The van der Waals surface area contributed by atoms with E-state index in [1.165, 1.54) is 12.1 Å². The van der Waals surface area contributed by atoms with Crippen LogP contribution in [-0.4, -0.2) is 18.8 Å². The van der Waals surface area contributed by atoms with Crippen LogP contribution in [0.1, 0.15) is 44.4 Å². The number of hydrogen-bond donors (Lipinski definition) is 0. The molecule has 0 bridgehead atoms. The van der Waals surface area contributed by atoms with E-state index < -0.39 is 17.2 Å². The van der Waals surface area contributed by atoms with E-state index in [0.717, 1.165) is 28.8 Å². The van der Waals surface area contributed by atoms with E-state index in [1.54, 1.807) is 37.4 Å². The Hall–Kier alpha value is -3.67. The number of esters is 1. The summed E-state index contributed by atoms with van der Waals surface area (Å²) in [5.41, 5.74) is 2.29. The lowest BCUT2D eigenvalue weighted by Crippen LogP contribution is -2.33. The third-order valence-corrected chi connectivity index (χ3v) is 5.92. The number of carbonyl (C=O) groups excluding carboxylic acids is 1. The number of nitrogens with zero attached hydrogens (tertiary/aromatic N) is 1. The number of carbonyl (C=O) groups is 1. The molecule has 0 aliphatic rings.